The Balaban J connectivity index is 1.93. The molecule has 0 bridgehead atoms. The van der Waals surface area contributed by atoms with Gasteiger partial charge in [0.15, 0.2) is 0 Å². The highest BCUT2D eigenvalue weighted by Gasteiger charge is 2.11. The number of nitrogens with two attached hydrogens (primary N) is 1. The topological polar surface area (TPSA) is 60.0 Å². The van der Waals surface area contributed by atoms with Crippen LogP contribution in [0.25, 0.3) is 0 Å². The van der Waals surface area contributed by atoms with E-state index in [0.29, 0.717) is 24.3 Å². The zero-order valence-electron chi connectivity index (χ0n) is 12.1. The minimum atomic E-state index is -0.261. The summed E-state index contributed by atoms with van der Waals surface area (Å²) in [4.78, 5) is 12.1. The number of nitrogens with zero attached hydrogens (tertiary/aromatic N) is 1. The summed E-state index contributed by atoms with van der Waals surface area (Å²) in [6.45, 7) is 3.26. The van der Waals surface area contributed by atoms with Gasteiger partial charge in [0.1, 0.15) is 11.5 Å². The van der Waals surface area contributed by atoms with Gasteiger partial charge in [0.05, 0.1) is 5.69 Å². The Labute approximate surface area is 123 Å². The average Bonchev–Trinajstić information content (AvgIpc) is 2.80. The first kappa shape index (κ1) is 15.1. The number of amides is 1. The highest BCUT2D eigenvalue weighted by molar-refractivity contribution is 5.93. The largest absolute Gasteiger partial charge is 0.397 e. The van der Waals surface area contributed by atoms with Crippen LogP contribution < -0.4 is 11.1 Å². The molecule has 112 valence electrons. The van der Waals surface area contributed by atoms with E-state index >= 15 is 0 Å². The molecule has 0 aliphatic heterocycles. The van der Waals surface area contributed by atoms with Crippen LogP contribution in [0.15, 0.2) is 36.5 Å². The maximum Gasteiger partial charge on any atom is 0.267 e. The van der Waals surface area contributed by atoms with E-state index in [9.17, 15) is 9.18 Å². The molecule has 2 aromatic rings. The van der Waals surface area contributed by atoms with Gasteiger partial charge < -0.3 is 15.6 Å². The number of aryl methyl sites for hydroxylation is 1. The van der Waals surface area contributed by atoms with E-state index in [2.05, 4.69) is 5.32 Å². The summed E-state index contributed by atoms with van der Waals surface area (Å²) in [5, 5.41) is 2.84. The summed E-state index contributed by atoms with van der Waals surface area (Å²) < 4.78 is 14.9. The molecule has 0 fully saturated rings. The Morgan fingerprint density at radius 3 is 2.90 bits per heavy atom. The fourth-order valence-corrected chi connectivity index (χ4v) is 2.25. The number of nitrogens with one attached hydrogen (secondary N) is 1. The van der Waals surface area contributed by atoms with E-state index in [-0.39, 0.29) is 11.7 Å². The van der Waals surface area contributed by atoms with Crippen LogP contribution in [0, 0.1) is 5.82 Å². The van der Waals surface area contributed by atoms with Gasteiger partial charge in [-0.1, -0.05) is 19.1 Å². The molecule has 1 aromatic carbocycles. The zero-order chi connectivity index (χ0) is 15.2. The summed E-state index contributed by atoms with van der Waals surface area (Å²) in [5.74, 6) is -0.417. The van der Waals surface area contributed by atoms with Crippen LogP contribution in [-0.2, 0) is 13.0 Å². The van der Waals surface area contributed by atoms with Crippen LogP contribution in [0.3, 0.4) is 0 Å². The number of hydrogen-bond donors (Lipinski definition) is 2. The fourth-order valence-electron chi connectivity index (χ4n) is 2.25. The number of nitrogen functional groups attached to an aromatic ring is 1. The summed E-state index contributed by atoms with van der Waals surface area (Å²) in [7, 11) is 0. The number of benzene rings is 1. The number of halogens is 1. The third-order valence-electron chi connectivity index (χ3n) is 3.20. The first-order valence-electron chi connectivity index (χ1n) is 7.08. The second-order valence-electron chi connectivity index (χ2n) is 4.99. The first-order chi connectivity index (χ1) is 10.1. The van der Waals surface area contributed by atoms with Crippen molar-refractivity contribution in [2.24, 2.45) is 0 Å². The fraction of sp³-hybridized carbons (Fsp3) is 0.312. The quantitative estimate of drug-likeness (QED) is 0.858. The summed E-state index contributed by atoms with van der Waals surface area (Å²) >= 11 is 0. The SMILES string of the molecule is CCCn1cc(N)cc1C(=O)NCCc1cccc(F)c1. The lowest BCUT2D eigenvalue weighted by atomic mass is 10.1. The van der Waals surface area contributed by atoms with Gasteiger partial charge in [-0.2, -0.15) is 0 Å². The molecule has 0 saturated carbocycles. The van der Waals surface area contributed by atoms with Crippen LogP contribution >= 0.6 is 0 Å². The lowest BCUT2D eigenvalue weighted by molar-refractivity contribution is 0.0944. The number of hydrogen-bond acceptors (Lipinski definition) is 2. The van der Waals surface area contributed by atoms with Gasteiger partial charge in [0.2, 0.25) is 0 Å². The maximum atomic E-state index is 13.1. The molecule has 0 aliphatic rings. The average molecular weight is 289 g/mol. The van der Waals surface area contributed by atoms with Gasteiger partial charge in [0, 0.05) is 19.3 Å². The monoisotopic (exact) mass is 289 g/mol. The van der Waals surface area contributed by atoms with Crippen molar-refractivity contribution in [3.8, 4) is 0 Å². The van der Waals surface area contributed by atoms with Crippen molar-refractivity contribution in [2.45, 2.75) is 26.3 Å². The maximum absolute atomic E-state index is 13.1. The summed E-state index contributed by atoms with van der Waals surface area (Å²) in [6, 6.07) is 8.06. The molecule has 0 radical (unpaired) electrons. The predicted molar refractivity (Wildman–Crippen MR) is 81.6 cm³/mol. The molecule has 3 N–H and O–H groups in total. The normalized spacial score (nSPS) is 10.6. The Morgan fingerprint density at radius 2 is 2.19 bits per heavy atom. The number of anilines is 1. The minimum Gasteiger partial charge on any atom is -0.397 e. The van der Waals surface area contributed by atoms with Crippen molar-refractivity contribution in [3.05, 3.63) is 53.6 Å². The molecular formula is C16H20FN3O. The molecule has 0 aliphatic carbocycles. The Hall–Kier alpha value is -2.30. The molecule has 1 aromatic heterocycles. The van der Waals surface area contributed by atoms with E-state index in [1.807, 2.05) is 17.6 Å². The van der Waals surface area contributed by atoms with Gasteiger partial charge in [-0.3, -0.25) is 4.79 Å². The molecule has 21 heavy (non-hydrogen) atoms. The second-order valence-corrected chi connectivity index (χ2v) is 4.99. The van der Waals surface area contributed by atoms with Gasteiger partial charge in [0.25, 0.3) is 5.91 Å². The highest BCUT2D eigenvalue weighted by atomic mass is 19.1. The van der Waals surface area contributed by atoms with Gasteiger partial charge in [-0.15, -0.1) is 0 Å². The number of carbonyl (C=O) groups excluding carboxylic acids is 1. The van der Waals surface area contributed by atoms with E-state index < -0.39 is 0 Å². The third-order valence-corrected chi connectivity index (χ3v) is 3.20. The van der Waals surface area contributed by atoms with Crippen LogP contribution in [0.4, 0.5) is 10.1 Å². The number of aromatic nitrogens is 1. The minimum absolute atomic E-state index is 0.156. The van der Waals surface area contributed by atoms with Crippen LogP contribution in [0.1, 0.15) is 29.4 Å². The lowest BCUT2D eigenvalue weighted by Gasteiger charge is -2.08. The summed E-state index contributed by atoms with van der Waals surface area (Å²) in [6.07, 6.45) is 3.29. The van der Waals surface area contributed by atoms with E-state index in [0.717, 1.165) is 18.5 Å². The molecule has 0 unspecified atom stereocenters. The van der Waals surface area contributed by atoms with E-state index in [4.69, 9.17) is 5.73 Å². The lowest BCUT2D eigenvalue weighted by Crippen LogP contribution is -2.27. The zero-order valence-corrected chi connectivity index (χ0v) is 12.1. The molecule has 0 atom stereocenters. The second kappa shape index (κ2) is 6.92. The van der Waals surface area contributed by atoms with Crippen molar-refractivity contribution in [1.29, 1.82) is 0 Å². The van der Waals surface area contributed by atoms with E-state index in [1.165, 1.54) is 12.1 Å². The molecule has 5 heteroatoms. The molecule has 0 spiro atoms. The Kier molecular flexibility index (Phi) is 4.98. The highest BCUT2D eigenvalue weighted by Crippen LogP contribution is 2.11. The van der Waals surface area contributed by atoms with Gasteiger partial charge >= 0.3 is 0 Å². The number of carbonyl (C=O) groups is 1. The predicted octanol–water partition coefficient (Wildman–Crippen LogP) is 2.59. The molecule has 1 heterocycles. The van der Waals surface area contributed by atoms with Crippen molar-refractivity contribution in [3.63, 3.8) is 0 Å². The molecule has 0 saturated heterocycles. The first-order valence-corrected chi connectivity index (χ1v) is 7.08. The van der Waals surface area contributed by atoms with Crippen LogP contribution in [0.5, 0.6) is 0 Å². The summed E-state index contributed by atoms with van der Waals surface area (Å²) in [5.41, 5.74) is 7.75. The Morgan fingerprint density at radius 1 is 1.38 bits per heavy atom. The molecule has 2 rings (SSSR count). The van der Waals surface area contributed by atoms with Gasteiger partial charge in [-0.25, -0.2) is 4.39 Å². The van der Waals surface area contributed by atoms with Crippen molar-refractivity contribution in [1.82, 2.24) is 9.88 Å². The molecular weight excluding hydrogens is 269 g/mol. The van der Waals surface area contributed by atoms with Crippen molar-refractivity contribution < 1.29 is 9.18 Å². The van der Waals surface area contributed by atoms with Crippen molar-refractivity contribution >= 4 is 11.6 Å². The number of rotatable bonds is 6. The molecule has 4 nitrogen and oxygen atoms in total. The van der Waals surface area contributed by atoms with Crippen LogP contribution in [0.2, 0.25) is 0 Å². The Bertz CT molecular complexity index is 622. The third kappa shape index (κ3) is 4.08. The van der Waals surface area contributed by atoms with Crippen molar-refractivity contribution in [2.75, 3.05) is 12.3 Å². The molecule has 1 amide bonds. The van der Waals surface area contributed by atoms with Crippen LogP contribution in [-0.4, -0.2) is 17.0 Å². The smallest absolute Gasteiger partial charge is 0.267 e. The van der Waals surface area contributed by atoms with E-state index in [1.54, 1.807) is 18.3 Å². The standard InChI is InChI=1S/C16H20FN3O/c1-2-8-20-11-14(18)10-15(20)16(21)19-7-6-12-4-3-5-13(17)9-12/h3-5,9-11H,2,6-8,18H2,1H3,(H,19,21). The van der Waals surface area contributed by atoms with Gasteiger partial charge in [-0.05, 0) is 36.6 Å².